The maximum Gasteiger partial charge on any atom is 0.243 e. The lowest BCUT2D eigenvalue weighted by atomic mass is 10.0. The summed E-state index contributed by atoms with van der Waals surface area (Å²) in [6.45, 7) is 1.66. The van der Waals surface area contributed by atoms with E-state index in [0.29, 0.717) is 114 Å². The van der Waals surface area contributed by atoms with Gasteiger partial charge >= 0.3 is 0 Å². The maximum atomic E-state index is 14.9. The first-order valence-corrected chi connectivity index (χ1v) is 40.0. The minimum absolute atomic E-state index is 0.00678. The third-order valence-electron chi connectivity index (χ3n) is 19.1. The smallest absolute Gasteiger partial charge is 0.243 e. The number of benzene rings is 4. The van der Waals surface area contributed by atoms with Gasteiger partial charge in [0.2, 0.25) is 70.9 Å². The van der Waals surface area contributed by atoms with Crippen LogP contribution in [-0.4, -0.2) is 190 Å². The molecule has 113 heavy (non-hydrogen) atoms. The standard InChI is InChI=1S/C81H128N20O12/c82-43-20-13-35-59(86)71(103)98-66(51-55-27-5-1-6-28-55)77(109)92-48-25-18-39-63(96-80(112)68(53-57-31-9-3-10-32-57)100-73(105)61(88)37-15-22-45-84)75(107)91-47-24-17-40-64(76(108)94-50-42-70(90)102)95-79(111)65(97-81(113)69(54-58-33-11-4-12-34-58)101-74(106)62(89)38-16-23-46-85)41-19-26-49-93-78(110)67(52-56-29-7-2-8-30-56)99-72(104)60(87)36-14-21-44-83/h1-12,27-34,59-69H,13-26,35-54,82-89H2,(H2,90,102)(H,91,107)(H,92,109)(H,93,110)(H,94,108)(H,95,111)(H,96,112)(H,97,113)(H,98,103)(H,99,104)(H,100,105)(H,101,106)/t59-,60-,61-,62-,63-,64-,65-,66-,67-,68-,69-/m0/s1. The Morgan fingerprint density at radius 2 is 0.442 bits per heavy atom. The Balaban J connectivity index is 1.60. The number of hydrogen-bond acceptors (Lipinski definition) is 20. The van der Waals surface area contributed by atoms with Crippen LogP contribution >= 0.6 is 0 Å². The van der Waals surface area contributed by atoms with Gasteiger partial charge in [0.1, 0.15) is 42.3 Å². The van der Waals surface area contributed by atoms with E-state index in [1.54, 1.807) is 60.7 Å². The fourth-order valence-corrected chi connectivity index (χ4v) is 12.4. The monoisotopic (exact) mass is 1570 g/mol. The van der Waals surface area contributed by atoms with E-state index in [2.05, 4.69) is 58.5 Å². The number of hydrogen-bond donors (Lipinski definition) is 20. The number of rotatable bonds is 60. The first-order valence-electron chi connectivity index (χ1n) is 40.0. The Morgan fingerprint density at radius 3 is 0.690 bits per heavy atom. The number of amides is 12. The lowest BCUT2D eigenvalue weighted by Gasteiger charge is -2.26. The third kappa shape index (κ3) is 40.0. The molecule has 624 valence electrons. The van der Waals surface area contributed by atoms with Gasteiger partial charge in [0.25, 0.3) is 0 Å². The summed E-state index contributed by atoms with van der Waals surface area (Å²) in [4.78, 5) is 166. The zero-order valence-corrected chi connectivity index (χ0v) is 65.5. The van der Waals surface area contributed by atoms with Gasteiger partial charge < -0.3 is 110 Å². The largest absolute Gasteiger partial charge is 0.370 e. The van der Waals surface area contributed by atoms with Gasteiger partial charge in [0.05, 0.1) is 24.2 Å². The summed E-state index contributed by atoms with van der Waals surface area (Å²) in [5, 5.41) is 31.0. The van der Waals surface area contributed by atoms with Gasteiger partial charge in [-0.3, -0.25) is 57.5 Å². The highest BCUT2D eigenvalue weighted by atomic mass is 16.2. The van der Waals surface area contributed by atoms with Crippen molar-refractivity contribution in [1.29, 1.82) is 0 Å². The minimum Gasteiger partial charge on any atom is -0.370 e. The number of carbonyl (C=O) groups excluding carboxylic acids is 12. The second-order valence-electron chi connectivity index (χ2n) is 28.6. The molecule has 32 heteroatoms. The number of primary amides is 1. The molecule has 0 unspecified atom stereocenters. The maximum absolute atomic E-state index is 14.9. The van der Waals surface area contributed by atoms with Crippen LogP contribution in [0.4, 0.5) is 0 Å². The highest BCUT2D eigenvalue weighted by Gasteiger charge is 2.34. The van der Waals surface area contributed by atoms with E-state index in [1.807, 2.05) is 60.7 Å². The van der Waals surface area contributed by atoms with Crippen LogP contribution in [0.15, 0.2) is 121 Å². The van der Waals surface area contributed by atoms with E-state index in [0.717, 1.165) is 11.1 Å². The van der Waals surface area contributed by atoms with E-state index in [-0.39, 0.29) is 116 Å². The van der Waals surface area contributed by atoms with Crippen LogP contribution in [0, 0.1) is 0 Å². The van der Waals surface area contributed by atoms with Crippen LogP contribution in [0.3, 0.4) is 0 Å². The predicted molar refractivity (Wildman–Crippen MR) is 435 cm³/mol. The molecule has 4 aromatic rings. The van der Waals surface area contributed by atoms with Crippen molar-refractivity contribution in [3.63, 3.8) is 0 Å². The molecule has 0 radical (unpaired) electrons. The summed E-state index contributed by atoms with van der Waals surface area (Å²) in [7, 11) is 0. The number of unbranched alkanes of at least 4 members (excludes halogenated alkanes) is 7. The van der Waals surface area contributed by atoms with Crippen molar-refractivity contribution in [3.8, 4) is 0 Å². The molecule has 0 aliphatic heterocycles. The van der Waals surface area contributed by atoms with E-state index in [1.165, 1.54) is 0 Å². The van der Waals surface area contributed by atoms with Crippen LogP contribution < -0.4 is 110 Å². The molecular formula is C81H128N20O12. The van der Waals surface area contributed by atoms with Crippen LogP contribution in [0.25, 0.3) is 0 Å². The zero-order valence-electron chi connectivity index (χ0n) is 65.5. The van der Waals surface area contributed by atoms with Gasteiger partial charge in [-0.2, -0.15) is 0 Å². The second-order valence-corrected chi connectivity index (χ2v) is 28.6. The first kappa shape index (κ1) is 95.6. The zero-order chi connectivity index (χ0) is 82.6. The molecule has 4 rings (SSSR count). The van der Waals surface area contributed by atoms with Crippen LogP contribution in [0.1, 0.15) is 164 Å². The van der Waals surface area contributed by atoms with Crippen molar-refractivity contribution in [2.75, 3.05) is 52.4 Å². The normalized spacial score (nSPS) is 14.1. The quantitative estimate of drug-likeness (QED) is 0.0236. The van der Waals surface area contributed by atoms with E-state index < -0.39 is 137 Å². The van der Waals surface area contributed by atoms with Gasteiger partial charge in [-0.15, -0.1) is 0 Å². The molecule has 0 aliphatic rings. The lowest BCUT2D eigenvalue weighted by Crippen LogP contribution is -2.58. The molecule has 0 fully saturated rings. The van der Waals surface area contributed by atoms with Gasteiger partial charge in [0, 0.05) is 58.3 Å². The molecule has 32 nitrogen and oxygen atoms in total. The third-order valence-corrected chi connectivity index (χ3v) is 19.1. The molecule has 0 spiro atoms. The summed E-state index contributed by atoms with van der Waals surface area (Å²) < 4.78 is 0. The molecule has 0 bridgehead atoms. The summed E-state index contributed by atoms with van der Waals surface area (Å²) in [5.41, 5.74) is 56.2. The van der Waals surface area contributed by atoms with E-state index in [9.17, 15) is 57.5 Å². The van der Waals surface area contributed by atoms with Crippen LogP contribution in [0.2, 0.25) is 0 Å². The summed E-state index contributed by atoms with van der Waals surface area (Å²) in [6.07, 6.45) is 7.81. The number of carbonyl (C=O) groups is 12. The van der Waals surface area contributed by atoms with E-state index >= 15 is 0 Å². The average Bonchev–Trinajstić information content (AvgIpc) is 0.858. The Morgan fingerprint density at radius 1 is 0.239 bits per heavy atom. The topological polar surface area (TPSA) is 571 Å². The highest BCUT2D eigenvalue weighted by molar-refractivity contribution is 5.96. The predicted octanol–water partition coefficient (Wildman–Crippen LogP) is -0.973. The average molecular weight is 1570 g/mol. The first-order chi connectivity index (χ1) is 54.5. The molecule has 4 aromatic carbocycles. The molecule has 12 amide bonds. The van der Waals surface area contributed by atoms with Crippen molar-refractivity contribution in [2.24, 2.45) is 51.6 Å². The van der Waals surface area contributed by atoms with Crippen molar-refractivity contribution >= 4 is 70.9 Å². The minimum atomic E-state index is -1.37. The molecule has 29 N–H and O–H groups in total. The van der Waals surface area contributed by atoms with Crippen LogP contribution in [-0.2, 0) is 83.2 Å². The summed E-state index contributed by atoms with van der Waals surface area (Å²) in [5.74, 6) is -7.36. The fraction of sp³-hybridized carbons (Fsp3) is 0.556. The van der Waals surface area contributed by atoms with Crippen molar-refractivity contribution in [1.82, 2.24) is 58.5 Å². The number of nitrogens with one attached hydrogen (secondary N) is 11. The van der Waals surface area contributed by atoms with Crippen molar-refractivity contribution in [2.45, 2.75) is 233 Å². The van der Waals surface area contributed by atoms with E-state index in [4.69, 9.17) is 51.6 Å². The van der Waals surface area contributed by atoms with Gasteiger partial charge in [-0.25, -0.2) is 0 Å². The van der Waals surface area contributed by atoms with Crippen molar-refractivity contribution < 1.29 is 57.5 Å². The molecule has 0 saturated heterocycles. The molecular weight excluding hydrogens is 1450 g/mol. The van der Waals surface area contributed by atoms with Crippen molar-refractivity contribution in [3.05, 3.63) is 144 Å². The fourth-order valence-electron chi connectivity index (χ4n) is 12.4. The Hall–Kier alpha value is -9.80. The molecule has 0 aromatic heterocycles. The highest BCUT2D eigenvalue weighted by Crippen LogP contribution is 2.15. The lowest BCUT2D eigenvalue weighted by molar-refractivity contribution is -0.134. The Bertz CT molecular complexity index is 3480. The molecule has 0 saturated carbocycles. The Kier molecular flexibility index (Phi) is 47.7. The molecule has 0 heterocycles. The Labute approximate surface area is 664 Å². The summed E-state index contributed by atoms with van der Waals surface area (Å²) >= 11 is 0. The number of nitrogens with two attached hydrogens (primary N) is 9. The van der Waals surface area contributed by atoms with Gasteiger partial charge in [0.15, 0.2) is 0 Å². The van der Waals surface area contributed by atoms with Gasteiger partial charge in [-0.1, -0.05) is 147 Å². The van der Waals surface area contributed by atoms with Crippen LogP contribution in [0.5, 0.6) is 0 Å². The second kappa shape index (κ2) is 56.4. The molecule has 11 atom stereocenters. The molecule has 0 aliphatic carbocycles. The summed E-state index contributed by atoms with van der Waals surface area (Å²) in [6, 6.07) is 24.1. The van der Waals surface area contributed by atoms with Gasteiger partial charge in [-0.05, 0) is 158 Å². The SMILES string of the molecule is NCCCC[C@H](N)C(=O)N[C@@H](Cc1ccccc1)C(=O)NCCCC[C@H](NC(=O)[C@H](Cc1ccccc1)NC(=O)[C@@H](N)CCCCN)C(=O)NCCCC[C@H](NC(=O)[C@H](CCCCNC(=O)[C@H](Cc1ccccc1)NC(=O)[C@@H](N)CCCCN)NC(=O)[C@H](Cc1ccccc1)NC(=O)[C@@H](N)CCCCN)C(=O)NCCC(N)=O.